The number of esters is 1. The lowest BCUT2D eigenvalue weighted by molar-refractivity contribution is -0.148. The Morgan fingerprint density at radius 3 is 2.61 bits per heavy atom. The van der Waals surface area contributed by atoms with Gasteiger partial charge in [-0.2, -0.15) is 0 Å². The largest absolute Gasteiger partial charge is 0.493 e. The lowest BCUT2D eigenvalue weighted by atomic mass is 10.2. The van der Waals surface area contributed by atoms with E-state index in [0.717, 1.165) is 13.2 Å². The monoisotopic (exact) mass is 389 g/mol. The second kappa shape index (κ2) is 8.52. The van der Waals surface area contributed by atoms with Gasteiger partial charge in [0.25, 0.3) is 0 Å². The summed E-state index contributed by atoms with van der Waals surface area (Å²) in [6, 6.07) is 2.45. The lowest BCUT2D eigenvalue weighted by Gasteiger charge is -2.16. The van der Waals surface area contributed by atoms with Crippen LogP contribution in [0.5, 0.6) is 5.75 Å². The molecule has 1 aromatic rings. The number of anilines is 1. The molecule has 0 saturated carbocycles. The average molecular weight is 390 g/mol. The number of hydrogen-bond donors (Lipinski definition) is 1. The molecule has 0 aliphatic carbocycles. The molecule has 0 saturated heterocycles. The first kappa shape index (κ1) is 19.0. The van der Waals surface area contributed by atoms with E-state index in [4.69, 9.17) is 9.47 Å². The highest BCUT2D eigenvalue weighted by molar-refractivity contribution is 9.10. The van der Waals surface area contributed by atoms with E-state index in [1.54, 1.807) is 6.92 Å². The maximum Gasteiger partial charge on any atom is 0.412 e. The number of benzene rings is 1. The Hall–Kier alpha value is -2.09. The predicted octanol–water partition coefficient (Wildman–Crippen LogP) is 3.65. The van der Waals surface area contributed by atoms with Crippen LogP contribution < -0.4 is 10.1 Å². The highest BCUT2D eigenvalue weighted by atomic mass is 79.9. The standard InChI is InChI=1S/C15H17BrFNO5/c1-5-22-12-7-11(10(17)6-9(12)16)18-15(20)23-13(8(2)3)14(19)21-4/h6-7,13H,2,5H2,1,3-4H3,(H,18,20). The Balaban J connectivity index is 2.90. The Labute approximate surface area is 141 Å². The number of ether oxygens (including phenoxy) is 3. The summed E-state index contributed by atoms with van der Waals surface area (Å²) in [6.07, 6.45) is -2.29. The van der Waals surface area contributed by atoms with E-state index in [-0.39, 0.29) is 11.3 Å². The van der Waals surface area contributed by atoms with E-state index in [1.807, 2.05) is 0 Å². The third-order valence-corrected chi connectivity index (χ3v) is 3.27. The van der Waals surface area contributed by atoms with E-state index in [1.165, 1.54) is 13.0 Å². The van der Waals surface area contributed by atoms with Crippen LogP contribution in [0.15, 0.2) is 28.8 Å². The van der Waals surface area contributed by atoms with Gasteiger partial charge in [0.15, 0.2) is 0 Å². The Kier molecular flexibility index (Phi) is 7.02. The van der Waals surface area contributed by atoms with Gasteiger partial charge in [-0.15, -0.1) is 0 Å². The first-order chi connectivity index (χ1) is 10.8. The van der Waals surface area contributed by atoms with Crippen LogP contribution in [-0.2, 0) is 14.3 Å². The molecule has 1 aromatic carbocycles. The second-order valence-corrected chi connectivity index (χ2v) is 5.33. The minimum absolute atomic E-state index is 0.146. The van der Waals surface area contributed by atoms with Crippen LogP contribution in [0.3, 0.4) is 0 Å². The van der Waals surface area contributed by atoms with Gasteiger partial charge in [-0.3, -0.25) is 5.32 Å². The van der Waals surface area contributed by atoms with Crippen molar-refractivity contribution in [3.63, 3.8) is 0 Å². The fourth-order valence-corrected chi connectivity index (χ4v) is 2.02. The fourth-order valence-electron chi connectivity index (χ4n) is 1.59. The molecule has 6 nitrogen and oxygen atoms in total. The summed E-state index contributed by atoms with van der Waals surface area (Å²) in [5, 5.41) is 2.21. The summed E-state index contributed by atoms with van der Waals surface area (Å²) >= 11 is 3.15. The number of carbonyl (C=O) groups is 2. The van der Waals surface area contributed by atoms with Crippen molar-refractivity contribution in [3.05, 3.63) is 34.6 Å². The molecule has 1 unspecified atom stereocenters. The molecule has 0 fully saturated rings. The van der Waals surface area contributed by atoms with Gasteiger partial charge in [-0.25, -0.2) is 14.0 Å². The summed E-state index contributed by atoms with van der Waals surface area (Å²) in [5.41, 5.74) is 0.130. The molecule has 1 atom stereocenters. The van der Waals surface area contributed by atoms with Crippen molar-refractivity contribution in [3.8, 4) is 5.75 Å². The van der Waals surface area contributed by atoms with Crippen LogP contribution in [0.2, 0.25) is 0 Å². The molecule has 0 bridgehead atoms. The quantitative estimate of drug-likeness (QED) is 0.593. The van der Waals surface area contributed by atoms with Gasteiger partial charge in [0.1, 0.15) is 11.6 Å². The van der Waals surface area contributed by atoms with Gasteiger partial charge in [0, 0.05) is 6.07 Å². The topological polar surface area (TPSA) is 73.9 Å². The molecule has 8 heteroatoms. The Bertz CT molecular complexity index is 620. The average Bonchev–Trinajstić information content (AvgIpc) is 2.48. The smallest absolute Gasteiger partial charge is 0.412 e. The van der Waals surface area contributed by atoms with E-state index >= 15 is 0 Å². The van der Waals surface area contributed by atoms with Crippen LogP contribution in [0, 0.1) is 5.82 Å². The molecule has 1 rings (SSSR count). The van der Waals surface area contributed by atoms with Crippen molar-refractivity contribution in [2.24, 2.45) is 0 Å². The van der Waals surface area contributed by atoms with E-state index in [0.29, 0.717) is 16.8 Å². The third-order valence-electron chi connectivity index (χ3n) is 2.65. The molecule has 0 spiro atoms. The molecule has 126 valence electrons. The number of methoxy groups -OCH3 is 1. The number of halogens is 2. The maximum absolute atomic E-state index is 13.9. The van der Waals surface area contributed by atoms with E-state index in [9.17, 15) is 14.0 Å². The summed E-state index contributed by atoms with van der Waals surface area (Å²) < 4.78 is 29.0. The number of rotatable bonds is 6. The fraction of sp³-hybridized carbons (Fsp3) is 0.333. The summed E-state index contributed by atoms with van der Waals surface area (Å²) in [4.78, 5) is 23.4. The molecule has 23 heavy (non-hydrogen) atoms. The van der Waals surface area contributed by atoms with Crippen molar-refractivity contribution in [2.75, 3.05) is 19.0 Å². The minimum Gasteiger partial charge on any atom is -0.493 e. The second-order valence-electron chi connectivity index (χ2n) is 4.48. The first-order valence-electron chi connectivity index (χ1n) is 6.62. The summed E-state index contributed by atoms with van der Waals surface area (Å²) in [7, 11) is 1.16. The number of hydrogen-bond acceptors (Lipinski definition) is 5. The lowest BCUT2D eigenvalue weighted by Crippen LogP contribution is -2.31. The summed E-state index contributed by atoms with van der Waals surface area (Å²) in [6.45, 7) is 7.19. The van der Waals surface area contributed by atoms with Crippen LogP contribution in [0.4, 0.5) is 14.9 Å². The molecule has 1 N–H and O–H groups in total. The molecule has 0 radical (unpaired) electrons. The molecule has 0 aliphatic heterocycles. The van der Waals surface area contributed by atoms with Crippen LogP contribution in [-0.4, -0.2) is 31.9 Å². The normalized spacial score (nSPS) is 11.3. The highest BCUT2D eigenvalue weighted by Gasteiger charge is 2.25. The van der Waals surface area contributed by atoms with Crippen molar-refractivity contribution in [1.82, 2.24) is 0 Å². The maximum atomic E-state index is 13.9. The number of nitrogens with one attached hydrogen (secondary N) is 1. The van der Waals surface area contributed by atoms with Gasteiger partial charge in [-0.05, 0) is 41.4 Å². The van der Waals surface area contributed by atoms with Gasteiger partial charge in [0.2, 0.25) is 6.10 Å². The number of amides is 1. The van der Waals surface area contributed by atoms with E-state index in [2.05, 4.69) is 32.6 Å². The van der Waals surface area contributed by atoms with Crippen molar-refractivity contribution < 1.29 is 28.2 Å². The zero-order valence-electron chi connectivity index (χ0n) is 12.9. The predicted molar refractivity (Wildman–Crippen MR) is 86.0 cm³/mol. The molecular weight excluding hydrogens is 373 g/mol. The molecular formula is C15H17BrFNO5. The SMILES string of the molecule is C=C(C)C(OC(=O)Nc1cc(OCC)c(Br)cc1F)C(=O)OC. The van der Waals surface area contributed by atoms with Crippen molar-refractivity contribution in [2.45, 2.75) is 20.0 Å². The number of carbonyl (C=O) groups excluding carboxylic acids is 2. The van der Waals surface area contributed by atoms with Crippen molar-refractivity contribution in [1.29, 1.82) is 0 Å². The van der Waals surface area contributed by atoms with Crippen LogP contribution >= 0.6 is 15.9 Å². The summed E-state index contributed by atoms with van der Waals surface area (Å²) in [5.74, 6) is -1.12. The zero-order valence-corrected chi connectivity index (χ0v) is 14.5. The van der Waals surface area contributed by atoms with Gasteiger partial charge in [-0.1, -0.05) is 6.58 Å². The van der Waals surface area contributed by atoms with Gasteiger partial charge in [0.05, 0.1) is 23.9 Å². The Morgan fingerprint density at radius 1 is 1.43 bits per heavy atom. The first-order valence-corrected chi connectivity index (χ1v) is 7.42. The highest BCUT2D eigenvalue weighted by Crippen LogP contribution is 2.31. The van der Waals surface area contributed by atoms with Crippen LogP contribution in [0.25, 0.3) is 0 Å². The Morgan fingerprint density at radius 2 is 2.09 bits per heavy atom. The third kappa shape index (κ3) is 5.24. The molecule has 1 amide bonds. The zero-order chi connectivity index (χ0) is 17.6. The molecule has 0 aromatic heterocycles. The molecule has 0 aliphatic rings. The minimum atomic E-state index is -1.27. The van der Waals surface area contributed by atoms with Gasteiger partial charge >= 0.3 is 12.1 Å². The van der Waals surface area contributed by atoms with Crippen LogP contribution in [0.1, 0.15) is 13.8 Å². The molecule has 0 heterocycles. The van der Waals surface area contributed by atoms with E-state index < -0.39 is 24.0 Å². The van der Waals surface area contributed by atoms with Gasteiger partial charge < -0.3 is 14.2 Å². The van der Waals surface area contributed by atoms with Crippen molar-refractivity contribution >= 4 is 33.7 Å².